The maximum atomic E-state index is 12.8. The lowest BCUT2D eigenvalue weighted by atomic mass is 10.1. The summed E-state index contributed by atoms with van der Waals surface area (Å²) in [4.78, 5) is 20.7. The van der Waals surface area contributed by atoms with Crippen LogP contribution < -0.4 is 5.32 Å². The zero-order chi connectivity index (χ0) is 18.4. The number of likely N-dealkylation sites (N-methyl/N-ethyl adjacent to an activating group) is 1. The molecule has 1 aromatic carbocycles. The van der Waals surface area contributed by atoms with Crippen molar-refractivity contribution in [3.8, 4) is 0 Å². The second-order valence-electron chi connectivity index (χ2n) is 6.01. The molecule has 7 heteroatoms. The van der Waals surface area contributed by atoms with Gasteiger partial charge >= 0.3 is 6.03 Å². The highest BCUT2D eigenvalue weighted by molar-refractivity contribution is 6.42. The van der Waals surface area contributed by atoms with E-state index in [1.165, 1.54) is 0 Å². The van der Waals surface area contributed by atoms with E-state index < -0.39 is 0 Å². The highest BCUT2D eigenvalue weighted by Gasteiger charge is 2.22. The number of anilines is 1. The number of hydrogen-bond donors (Lipinski definition) is 1. The number of halogens is 2. The Morgan fingerprint density at radius 2 is 1.80 bits per heavy atom. The molecule has 0 aliphatic rings. The molecule has 2 rings (SSSR count). The second-order valence-corrected chi connectivity index (χ2v) is 6.83. The number of benzene rings is 1. The smallest absolute Gasteiger partial charge is 0.316 e. The highest BCUT2D eigenvalue weighted by Crippen LogP contribution is 2.26. The minimum atomic E-state index is -0.190. The van der Waals surface area contributed by atoms with Gasteiger partial charge in [0.1, 0.15) is 0 Å². The third-order valence-electron chi connectivity index (χ3n) is 3.88. The third-order valence-corrected chi connectivity index (χ3v) is 4.61. The molecule has 1 N–H and O–H groups in total. The zero-order valence-electron chi connectivity index (χ0n) is 14.5. The van der Waals surface area contributed by atoms with Crippen LogP contribution in [0.2, 0.25) is 10.0 Å². The fraction of sp³-hybridized carbons (Fsp3) is 0.333. The van der Waals surface area contributed by atoms with Crippen molar-refractivity contribution in [3.05, 3.63) is 58.3 Å². The quantitative estimate of drug-likeness (QED) is 0.799. The van der Waals surface area contributed by atoms with Crippen LogP contribution in [0.5, 0.6) is 0 Å². The van der Waals surface area contributed by atoms with E-state index in [1.807, 2.05) is 38.1 Å². The molecule has 0 saturated carbocycles. The first-order chi connectivity index (χ1) is 11.9. The molecule has 1 heterocycles. The maximum absolute atomic E-state index is 12.8. The van der Waals surface area contributed by atoms with Crippen molar-refractivity contribution in [1.82, 2.24) is 14.8 Å². The van der Waals surface area contributed by atoms with Gasteiger partial charge in [0.25, 0.3) is 0 Å². The Labute approximate surface area is 158 Å². The first kappa shape index (κ1) is 19.5. The summed E-state index contributed by atoms with van der Waals surface area (Å²) in [5.74, 6) is 0. The molecule has 25 heavy (non-hydrogen) atoms. The monoisotopic (exact) mass is 380 g/mol. The minimum Gasteiger partial charge on any atom is -0.316 e. The van der Waals surface area contributed by atoms with Crippen molar-refractivity contribution in [2.24, 2.45) is 0 Å². The SMILES string of the molecule is C[C@@H](c1ccncc1)N(CCN(C)C)C(=O)Nc1ccc(Cl)c(Cl)c1. The largest absolute Gasteiger partial charge is 0.322 e. The van der Waals surface area contributed by atoms with Gasteiger partial charge in [0.2, 0.25) is 0 Å². The van der Waals surface area contributed by atoms with Crippen molar-refractivity contribution >= 4 is 34.9 Å². The summed E-state index contributed by atoms with van der Waals surface area (Å²) in [5, 5.41) is 3.75. The van der Waals surface area contributed by atoms with E-state index in [0.717, 1.165) is 12.1 Å². The number of carbonyl (C=O) groups is 1. The number of aromatic nitrogens is 1. The van der Waals surface area contributed by atoms with E-state index in [2.05, 4.69) is 10.3 Å². The summed E-state index contributed by atoms with van der Waals surface area (Å²) in [6.45, 7) is 3.34. The molecule has 0 aliphatic carbocycles. The minimum absolute atomic E-state index is 0.0919. The van der Waals surface area contributed by atoms with Gasteiger partial charge in [0.15, 0.2) is 0 Å². The summed E-state index contributed by atoms with van der Waals surface area (Å²) >= 11 is 12.0. The molecule has 1 aromatic heterocycles. The van der Waals surface area contributed by atoms with E-state index in [-0.39, 0.29) is 12.1 Å². The summed E-state index contributed by atoms with van der Waals surface area (Å²) in [7, 11) is 3.96. The van der Waals surface area contributed by atoms with Crippen LogP contribution in [0.3, 0.4) is 0 Å². The molecule has 0 fully saturated rings. The molecule has 1 atom stereocenters. The van der Waals surface area contributed by atoms with Gasteiger partial charge in [0, 0.05) is 31.2 Å². The molecule has 2 amide bonds. The Morgan fingerprint density at radius 3 is 2.40 bits per heavy atom. The van der Waals surface area contributed by atoms with Crippen LogP contribution in [-0.2, 0) is 0 Å². The number of carbonyl (C=O) groups excluding carboxylic acids is 1. The number of urea groups is 1. The molecular weight excluding hydrogens is 359 g/mol. The van der Waals surface area contributed by atoms with Crippen LogP contribution in [0.15, 0.2) is 42.7 Å². The Balaban J connectivity index is 2.18. The lowest BCUT2D eigenvalue weighted by Gasteiger charge is -2.30. The van der Waals surface area contributed by atoms with E-state index in [4.69, 9.17) is 23.2 Å². The Kier molecular flexibility index (Phi) is 7.05. The Bertz CT molecular complexity index is 709. The van der Waals surface area contributed by atoms with Crippen molar-refractivity contribution < 1.29 is 4.79 Å². The fourth-order valence-electron chi connectivity index (χ4n) is 2.37. The number of hydrogen-bond acceptors (Lipinski definition) is 3. The topological polar surface area (TPSA) is 48.5 Å². The average molecular weight is 381 g/mol. The third kappa shape index (κ3) is 5.59. The summed E-state index contributed by atoms with van der Waals surface area (Å²) in [5.41, 5.74) is 1.63. The van der Waals surface area contributed by atoms with Gasteiger partial charge in [-0.05, 0) is 56.9 Å². The van der Waals surface area contributed by atoms with Crippen LogP contribution in [0, 0.1) is 0 Å². The predicted octanol–water partition coefficient (Wildman–Crippen LogP) is 4.55. The van der Waals surface area contributed by atoms with Gasteiger partial charge in [0.05, 0.1) is 16.1 Å². The van der Waals surface area contributed by atoms with Crippen LogP contribution in [0.4, 0.5) is 10.5 Å². The van der Waals surface area contributed by atoms with E-state index in [9.17, 15) is 4.79 Å². The van der Waals surface area contributed by atoms with Gasteiger partial charge < -0.3 is 15.1 Å². The number of nitrogens with zero attached hydrogens (tertiary/aromatic N) is 3. The number of pyridine rings is 1. The maximum Gasteiger partial charge on any atom is 0.322 e. The summed E-state index contributed by atoms with van der Waals surface area (Å²) < 4.78 is 0. The number of nitrogens with one attached hydrogen (secondary N) is 1. The van der Waals surface area contributed by atoms with Crippen molar-refractivity contribution in [2.75, 3.05) is 32.5 Å². The fourth-order valence-corrected chi connectivity index (χ4v) is 2.67. The predicted molar refractivity (Wildman–Crippen MR) is 103 cm³/mol. The Hall–Kier alpha value is -1.82. The van der Waals surface area contributed by atoms with Crippen LogP contribution in [0.1, 0.15) is 18.5 Å². The van der Waals surface area contributed by atoms with Gasteiger partial charge in [-0.15, -0.1) is 0 Å². The highest BCUT2D eigenvalue weighted by atomic mass is 35.5. The molecule has 0 radical (unpaired) electrons. The van der Waals surface area contributed by atoms with Gasteiger partial charge in [-0.1, -0.05) is 23.2 Å². The first-order valence-corrected chi connectivity index (χ1v) is 8.71. The number of amides is 2. The zero-order valence-corrected chi connectivity index (χ0v) is 16.1. The van der Waals surface area contributed by atoms with Crippen LogP contribution >= 0.6 is 23.2 Å². The summed E-state index contributed by atoms with van der Waals surface area (Å²) in [6.07, 6.45) is 3.46. The lowest BCUT2D eigenvalue weighted by molar-refractivity contribution is 0.185. The number of rotatable bonds is 6. The molecule has 0 saturated heterocycles. The molecular formula is C18H22Cl2N4O. The molecule has 0 unspecified atom stereocenters. The Morgan fingerprint density at radius 1 is 1.12 bits per heavy atom. The van der Waals surface area contributed by atoms with Gasteiger partial charge in [-0.25, -0.2) is 4.79 Å². The molecule has 2 aromatic rings. The molecule has 5 nitrogen and oxygen atoms in total. The molecule has 0 spiro atoms. The van der Waals surface area contributed by atoms with Crippen molar-refractivity contribution in [3.63, 3.8) is 0 Å². The van der Waals surface area contributed by atoms with E-state index in [1.54, 1.807) is 35.5 Å². The second kappa shape index (κ2) is 9.04. The average Bonchev–Trinajstić information content (AvgIpc) is 2.58. The standard InChI is InChI=1S/C18H22Cl2N4O/c1-13(14-6-8-21-9-7-14)24(11-10-23(2)3)18(25)22-15-4-5-16(19)17(20)12-15/h4-9,12-13H,10-11H2,1-3H3,(H,22,25)/t13-/m0/s1. The van der Waals surface area contributed by atoms with Crippen molar-refractivity contribution in [2.45, 2.75) is 13.0 Å². The molecule has 0 bridgehead atoms. The molecule has 134 valence electrons. The first-order valence-electron chi connectivity index (χ1n) is 7.96. The van der Waals surface area contributed by atoms with Crippen LogP contribution in [0.25, 0.3) is 0 Å². The normalized spacial score (nSPS) is 12.1. The van der Waals surface area contributed by atoms with E-state index >= 15 is 0 Å². The summed E-state index contributed by atoms with van der Waals surface area (Å²) in [6, 6.07) is 8.58. The van der Waals surface area contributed by atoms with Gasteiger partial charge in [-0.2, -0.15) is 0 Å². The molecule has 0 aliphatic heterocycles. The van der Waals surface area contributed by atoms with Gasteiger partial charge in [-0.3, -0.25) is 4.98 Å². The lowest BCUT2D eigenvalue weighted by Crippen LogP contribution is -2.41. The van der Waals surface area contributed by atoms with Crippen LogP contribution in [-0.4, -0.2) is 48.0 Å². The van der Waals surface area contributed by atoms with E-state index in [0.29, 0.717) is 22.3 Å². The van der Waals surface area contributed by atoms with Crippen molar-refractivity contribution in [1.29, 1.82) is 0 Å².